The molecule has 0 aliphatic carbocycles. The SMILES string of the molecule is C[C@]1(O)CCNC[C@@H]1Oc1ccc(Cl)cc1. The van der Waals surface area contributed by atoms with E-state index in [0.29, 0.717) is 18.0 Å². The molecule has 1 heterocycles. The lowest BCUT2D eigenvalue weighted by Crippen LogP contribution is -2.54. The first kappa shape index (κ1) is 11.7. The highest BCUT2D eigenvalue weighted by atomic mass is 35.5. The number of halogens is 1. The molecule has 1 aliphatic heterocycles. The van der Waals surface area contributed by atoms with E-state index < -0.39 is 5.60 Å². The smallest absolute Gasteiger partial charge is 0.139 e. The van der Waals surface area contributed by atoms with Gasteiger partial charge in [0.15, 0.2) is 0 Å². The number of rotatable bonds is 2. The maximum atomic E-state index is 10.2. The quantitative estimate of drug-likeness (QED) is 0.830. The zero-order chi connectivity index (χ0) is 11.6. The van der Waals surface area contributed by atoms with Crippen LogP contribution in [-0.4, -0.2) is 29.9 Å². The second-order valence-corrected chi connectivity index (χ2v) is 4.81. The molecule has 0 radical (unpaired) electrons. The summed E-state index contributed by atoms with van der Waals surface area (Å²) in [5.41, 5.74) is -0.773. The summed E-state index contributed by atoms with van der Waals surface area (Å²) in [7, 11) is 0. The molecule has 0 unspecified atom stereocenters. The van der Waals surface area contributed by atoms with Crippen molar-refractivity contribution in [3.63, 3.8) is 0 Å². The van der Waals surface area contributed by atoms with Crippen LogP contribution in [0.5, 0.6) is 5.75 Å². The fourth-order valence-corrected chi connectivity index (χ4v) is 1.93. The summed E-state index contributed by atoms with van der Waals surface area (Å²) in [6.07, 6.45) is 0.480. The van der Waals surface area contributed by atoms with E-state index in [0.717, 1.165) is 12.3 Å². The fraction of sp³-hybridized carbons (Fsp3) is 0.500. The third-order valence-corrected chi connectivity index (χ3v) is 3.18. The van der Waals surface area contributed by atoms with Crippen molar-refractivity contribution < 1.29 is 9.84 Å². The van der Waals surface area contributed by atoms with Gasteiger partial charge in [-0.1, -0.05) is 11.6 Å². The van der Waals surface area contributed by atoms with Gasteiger partial charge in [0.05, 0.1) is 0 Å². The van der Waals surface area contributed by atoms with Crippen LogP contribution in [0.3, 0.4) is 0 Å². The molecular weight excluding hydrogens is 226 g/mol. The van der Waals surface area contributed by atoms with E-state index in [4.69, 9.17) is 16.3 Å². The van der Waals surface area contributed by atoms with Crippen LogP contribution in [0.4, 0.5) is 0 Å². The van der Waals surface area contributed by atoms with Gasteiger partial charge in [-0.3, -0.25) is 0 Å². The van der Waals surface area contributed by atoms with Crippen LogP contribution >= 0.6 is 11.6 Å². The van der Waals surface area contributed by atoms with Gasteiger partial charge in [-0.05, 0) is 44.2 Å². The molecule has 0 bridgehead atoms. The van der Waals surface area contributed by atoms with Gasteiger partial charge < -0.3 is 15.2 Å². The summed E-state index contributed by atoms with van der Waals surface area (Å²) in [5, 5.41) is 14.1. The average Bonchev–Trinajstić information content (AvgIpc) is 2.24. The minimum Gasteiger partial charge on any atom is -0.486 e. The van der Waals surface area contributed by atoms with Crippen LogP contribution < -0.4 is 10.1 Å². The van der Waals surface area contributed by atoms with Crippen LogP contribution in [-0.2, 0) is 0 Å². The van der Waals surface area contributed by atoms with Crippen molar-refractivity contribution in [2.24, 2.45) is 0 Å². The molecule has 2 atom stereocenters. The van der Waals surface area contributed by atoms with Gasteiger partial charge in [0.1, 0.15) is 17.5 Å². The highest BCUT2D eigenvalue weighted by Crippen LogP contribution is 2.24. The number of ether oxygens (including phenoxy) is 1. The molecule has 0 aromatic heterocycles. The topological polar surface area (TPSA) is 41.5 Å². The van der Waals surface area contributed by atoms with Crippen molar-refractivity contribution in [3.05, 3.63) is 29.3 Å². The number of benzene rings is 1. The van der Waals surface area contributed by atoms with Crippen LogP contribution in [0.1, 0.15) is 13.3 Å². The zero-order valence-corrected chi connectivity index (χ0v) is 10.00. The van der Waals surface area contributed by atoms with Gasteiger partial charge in [0, 0.05) is 11.6 Å². The van der Waals surface area contributed by atoms with Gasteiger partial charge >= 0.3 is 0 Å². The van der Waals surface area contributed by atoms with Crippen molar-refractivity contribution in [2.45, 2.75) is 25.0 Å². The Labute approximate surface area is 100 Å². The van der Waals surface area contributed by atoms with Gasteiger partial charge in [-0.15, -0.1) is 0 Å². The van der Waals surface area contributed by atoms with E-state index in [1.165, 1.54) is 0 Å². The minimum absolute atomic E-state index is 0.220. The van der Waals surface area contributed by atoms with Crippen molar-refractivity contribution in [3.8, 4) is 5.75 Å². The van der Waals surface area contributed by atoms with Crippen molar-refractivity contribution in [1.29, 1.82) is 0 Å². The largest absolute Gasteiger partial charge is 0.486 e. The van der Waals surface area contributed by atoms with Crippen LogP contribution in [0.2, 0.25) is 5.02 Å². The highest BCUT2D eigenvalue weighted by Gasteiger charge is 2.36. The summed E-state index contributed by atoms with van der Waals surface area (Å²) >= 11 is 5.79. The zero-order valence-electron chi connectivity index (χ0n) is 9.24. The Kier molecular flexibility index (Phi) is 3.38. The Morgan fingerprint density at radius 1 is 1.44 bits per heavy atom. The number of aliphatic hydroxyl groups is 1. The third kappa shape index (κ3) is 2.67. The summed E-state index contributed by atoms with van der Waals surface area (Å²) in [6, 6.07) is 7.18. The fourth-order valence-electron chi connectivity index (χ4n) is 1.80. The Morgan fingerprint density at radius 3 is 2.75 bits per heavy atom. The third-order valence-electron chi connectivity index (χ3n) is 2.92. The molecule has 0 saturated carbocycles. The Morgan fingerprint density at radius 2 is 2.12 bits per heavy atom. The number of hydrogen-bond acceptors (Lipinski definition) is 3. The van der Waals surface area contributed by atoms with E-state index in [1.54, 1.807) is 12.1 Å². The Hall–Kier alpha value is -0.770. The molecule has 1 aromatic carbocycles. The molecule has 4 heteroatoms. The predicted octanol–water partition coefficient (Wildman–Crippen LogP) is 1.83. The van der Waals surface area contributed by atoms with Gasteiger partial charge in [0.25, 0.3) is 0 Å². The maximum Gasteiger partial charge on any atom is 0.139 e. The monoisotopic (exact) mass is 241 g/mol. The lowest BCUT2D eigenvalue weighted by molar-refractivity contribution is -0.0657. The van der Waals surface area contributed by atoms with Gasteiger partial charge in [-0.2, -0.15) is 0 Å². The van der Waals surface area contributed by atoms with E-state index in [2.05, 4.69) is 5.32 Å². The summed E-state index contributed by atoms with van der Waals surface area (Å²) in [5.74, 6) is 0.735. The van der Waals surface area contributed by atoms with E-state index >= 15 is 0 Å². The molecule has 16 heavy (non-hydrogen) atoms. The van der Waals surface area contributed by atoms with Crippen LogP contribution in [0.25, 0.3) is 0 Å². The highest BCUT2D eigenvalue weighted by molar-refractivity contribution is 6.30. The minimum atomic E-state index is -0.773. The number of nitrogens with one attached hydrogen (secondary N) is 1. The first-order valence-electron chi connectivity index (χ1n) is 5.43. The summed E-state index contributed by atoms with van der Waals surface area (Å²) in [6.45, 7) is 3.30. The predicted molar refractivity (Wildman–Crippen MR) is 64.0 cm³/mol. The lowest BCUT2D eigenvalue weighted by Gasteiger charge is -2.37. The first-order valence-corrected chi connectivity index (χ1v) is 5.81. The van der Waals surface area contributed by atoms with Crippen molar-refractivity contribution >= 4 is 11.6 Å². The maximum absolute atomic E-state index is 10.2. The molecule has 0 amide bonds. The molecule has 3 nitrogen and oxygen atoms in total. The summed E-state index contributed by atoms with van der Waals surface area (Å²) < 4.78 is 5.75. The van der Waals surface area contributed by atoms with Gasteiger partial charge in [-0.25, -0.2) is 0 Å². The molecule has 2 N–H and O–H groups in total. The molecule has 1 fully saturated rings. The molecule has 1 aromatic rings. The second-order valence-electron chi connectivity index (χ2n) is 4.37. The molecule has 0 spiro atoms. The van der Waals surface area contributed by atoms with Gasteiger partial charge in [0.2, 0.25) is 0 Å². The Balaban J connectivity index is 2.05. The van der Waals surface area contributed by atoms with Crippen LogP contribution in [0.15, 0.2) is 24.3 Å². The van der Waals surface area contributed by atoms with E-state index in [9.17, 15) is 5.11 Å². The van der Waals surface area contributed by atoms with Crippen molar-refractivity contribution in [2.75, 3.05) is 13.1 Å². The van der Waals surface area contributed by atoms with E-state index in [1.807, 2.05) is 19.1 Å². The average molecular weight is 242 g/mol. The normalized spacial score (nSPS) is 30.1. The summed E-state index contributed by atoms with van der Waals surface area (Å²) in [4.78, 5) is 0. The lowest BCUT2D eigenvalue weighted by atomic mass is 9.92. The Bertz CT molecular complexity index is 351. The number of piperidine rings is 1. The molecular formula is C12H16ClNO2. The standard InChI is InChI=1S/C12H16ClNO2/c1-12(15)6-7-14-8-11(12)16-10-4-2-9(13)3-5-10/h2-5,11,14-15H,6-8H2,1H3/t11-,12-/m0/s1. The van der Waals surface area contributed by atoms with Crippen molar-refractivity contribution in [1.82, 2.24) is 5.32 Å². The molecule has 88 valence electrons. The number of hydrogen-bond donors (Lipinski definition) is 2. The molecule has 1 aliphatic rings. The molecule has 2 rings (SSSR count). The second kappa shape index (κ2) is 4.62. The first-order chi connectivity index (χ1) is 7.58. The molecule has 1 saturated heterocycles. The van der Waals surface area contributed by atoms with Crippen LogP contribution in [0, 0.1) is 0 Å². The van der Waals surface area contributed by atoms with E-state index in [-0.39, 0.29) is 6.10 Å².